The summed E-state index contributed by atoms with van der Waals surface area (Å²) >= 11 is 0. The fourth-order valence-corrected chi connectivity index (χ4v) is 1.66. The van der Waals surface area contributed by atoms with Crippen molar-refractivity contribution in [3.63, 3.8) is 0 Å². The first-order valence-corrected chi connectivity index (χ1v) is 5.36. The van der Waals surface area contributed by atoms with Crippen LogP contribution in [0.25, 0.3) is 5.52 Å². The maximum Gasteiger partial charge on any atom is 0.435 e. The Morgan fingerprint density at radius 1 is 1.39 bits per heavy atom. The summed E-state index contributed by atoms with van der Waals surface area (Å²) in [5, 5.41) is 3.78. The smallest absolute Gasteiger partial charge is 0.367 e. The summed E-state index contributed by atoms with van der Waals surface area (Å²) in [6, 6.07) is 0. The summed E-state index contributed by atoms with van der Waals surface area (Å²) in [6.45, 7) is 3.78. The number of nitrogens with two attached hydrogens (primary N) is 1. The number of anilines is 1. The van der Waals surface area contributed by atoms with Gasteiger partial charge in [-0.2, -0.15) is 13.2 Å². The van der Waals surface area contributed by atoms with E-state index in [1.165, 1.54) is 0 Å². The van der Waals surface area contributed by atoms with Gasteiger partial charge in [0.2, 0.25) is 5.95 Å². The van der Waals surface area contributed by atoms with Gasteiger partial charge in [0, 0.05) is 6.42 Å². The molecule has 2 rings (SSSR count). The molecule has 0 aromatic carbocycles. The molecule has 0 amide bonds. The van der Waals surface area contributed by atoms with Crippen LogP contribution < -0.4 is 5.73 Å². The molecule has 0 saturated carbocycles. The van der Waals surface area contributed by atoms with Gasteiger partial charge in [0.25, 0.3) is 0 Å². The maximum atomic E-state index is 12.8. The Morgan fingerprint density at radius 2 is 2.06 bits per heavy atom. The van der Waals surface area contributed by atoms with E-state index in [0.717, 1.165) is 10.7 Å². The van der Waals surface area contributed by atoms with Crippen LogP contribution in [0.3, 0.4) is 0 Å². The lowest BCUT2D eigenvalue weighted by atomic mass is 10.1. The number of nitrogens with zero attached hydrogens (tertiary/aromatic N) is 4. The van der Waals surface area contributed by atoms with E-state index in [4.69, 9.17) is 5.73 Å². The number of imidazole rings is 1. The van der Waals surface area contributed by atoms with Crippen LogP contribution >= 0.6 is 0 Å². The monoisotopic (exact) mass is 259 g/mol. The molecule has 18 heavy (non-hydrogen) atoms. The summed E-state index contributed by atoms with van der Waals surface area (Å²) in [5.41, 5.74) is 4.24. The molecular formula is C10H12F3N5. The Labute approximate surface area is 101 Å². The summed E-state index contributed by atoms with van der Waals surface area (Å²) in [5.74, 6) is 0.313. The number of aromatic nitrogens is 4. The highest BCUT2D eigenvalue weighted by Crippen LogP contribution is 2.32. The van der Waals surface area contributed by atoms with Crippen molar-refractivity contribution >= 4 is 11.5 Å². The largest absolute Gasteiger partial charge is 0.435 e. The lowest BCUT2D eigenvalue weighted by molar-refractivity contribution is -0.139. The molecule has 0 atom stereocenters. The zero-order chi connectivity index (χ0) is 13.5. The van der Waals surface area contributed by atoms with Crippen LogP contribution in [0.5, 0.6) is 0 Å². The van der Waals surface area contributed by atoms with Crippen LogP contribution in [0.4, 0.5) is 19.1 Å². The van der Waals surface area contributed by atoms with Crippen LogP contribution in [0.1, 0.15) is 25.4 Å². The topological polar surface area (TPSA) is 69.1 Å². The van der Waals surface area contributed by atoms with Crippen LogP contribution in [0.2, 0.25) is 0 Å². The number of hydrogen-bond acceptors (Lipinski definition) is 4. The van der Waals surface area contributed by atoms with Gasteiger partial charge in [0.05, 0.1) is 6.20 Å². The third kappa shape index (κ3) is 2.22. The van der Waals surface area contributed by atoms with E-state index >= 15 is 0 Å². The summed E-state index contributed by atoms with van der Waals surface area (Å²) in [6.07, 6.45) is -3.10. The van der Waals surface area contributed by atoms with E-state index in [0.29, 0.717) is 6.42 Å². The minimum atomic E-state index is -4.53. The standard InChI is InChI=1S/C10H12F3N5/c1-5(2)3-7-16-8(10(11,12)13)6-4-15-9(14)17-18(6)7/h4-5H,3H2,1-2H3,(H2,14,17). The van der Waals surface area contributed by atoms with E-state index in [9.17, 15) is 13.2 Å². The molecule has 0 aliphatic rings. The molecule has 0 unspecified atom stereocenters. The molecule has 0 bridgehead atoms. The molecule has 2 N–H and O–H groups in total. The molecule has 0 aliphatic carbocycles. The molecule has 8 heteroatoms. The summed E-state index contributed by atoms with van der Waals surface area (Å²) in [4.78, 5) is 7.20. The van der Waals surface area contributed by atoms with Crippen molar-refractivity contribution in [1.82, 2.24) is 19.6 Å². The number of fused-ring (bicyclic) bond motifs is 1. The molecule has 0 radical (unpaired) electrons. The zero-order valence-corrected chi connectivity index (χ0v) is 9.86. The molecule has 98 valence electrons. The van der Waals surface area contributed by atoms with Crippen molar-refractivity contribution in [2.24, 2.45) is 5.92 Å². The first-order chi connectivity index (χ1) is 8.29. The van der Waals surface area contributed by atoms with Crippen LogP contribution in [0, 0.1) is 5.92 Å². The average molecular weight is 259 g/mol. The van der Waals surface area contributed by atoms with E-state index in [-0.39, 0.29) is 23.2 Å². The molecule has 0 saturated heterocycles. The minimum Gasteiger partial charge on any atom is -0.367 e. The van der Waals surface area contributed by atoms with Crippen molar-refractivity contribution in [3.05, 3.63) is 17.7 Å². The number of nitrogen functional groups attached to an aromatic ring is 1. The van der Waals surface area contributed by atoms with Crippen molar-refractivity contribution in [1.29, 1.82) is 0 Å². The normalized spacial score (nSPS) is 12.6. The van der Waals surface area contributed by atoms with Gasteiger partial charge in [-0.3, -0.25) is 0 Å². The predicted molar refractivity (Wildman–Crippen MR) is 58.7 cm³/mol. The van der Waals surface area contributed by atoms with Gasteiger partial charge < -0.3 is 5.73 Å². The minimum absolute atomic E-state index is 0.0846. The van der Waals surface area contributed by atoms with Crippen LogP contribution in [0.15, 0.2) is 6.20 Å². The van der Waals surface area contributed by atoms with Gasteiger partial charge in [-0.05, 0) is 5.92 Å². The van der Waals surface area contributed by atoms with Crippen molar-refractivity contribution in [3.8, 4) is 0 Å². The first-order valence-electron chi connectivity index (χ1n) is 5.36. The second-order valence-electron chi connectivity index (χ2n) is 4.39. The fourth-order valence-electron chi connectivity index (χ4n) is 1.66. The first kappa shape index (κ1) is 12.6. The molecule has 5 nitrogen and oxygen atoms in total. The highest BCUT2D eigenvalue weighted by Gasteiger charge is 2.37. The van der Waals surface area contributed by atoms with Gasteiger partial charge in [0.15, 0.2) is 5.69 Å². The summed E-state index contributed by atoms with van der Waals surface area (Å²) < 4.78 is 39.5. The Hall–Kier alpha value is -1.86. The van der Waals surface area contributed by atoms with E-state index < -0.39 is 11.9 Å². The van der Waals surface area contributed by atoms with Crippen LogP contribution in [-0.4, -0.2) is 19.6 Å². The highest BCUT2D eigenvalue weighted by molar-refractivity contribution is 5.52. The third-order valence-electron chi connectivity index (χ3n) is 2.34. The van der Waals surface area contributed by atoms with Crippen molar-refractivity contribution < 1.29 is 13.2 Å². The Morgan fingerprint density at radius 3 is 2.61 bits per heavy atom. The van der Waals surface area contributed by atoms with E-state index in [1.807, 2.05) is 13.8 Å². The van der Waals surface area contributed by atoms with Crippen LogP contribution in [-0.2, 0) is 12.6 Å². The maximum absolute atomic E-state index is 12.8. The van der Waals surface area contributed by atoms with E-state index in [2.05, 4.69) is 15.1 Å². The SMILES string of the molecule is CC(C)Cc1nc(C(F)(F)F)c2cnc(N)nn12. The molecule has 2 aromatic heterocycles. The van der Waals surface area contributed by atoms with Gasteiger partial charge in [-0.15, -0.1) is 5.10 Å². The zero-order valence-electron chi connectivity index (χ0n) is 9.86. The van der Waals surface area contributed by atoms with Crippen molar-refractivity contribution in [2.75, 3.05) is 5.73 Å². The fraction of sp³-hybridized carbons (Fsp3) is 0.500. The van der Waals surface area contributed by atoms with Crippen molar-refractivity contribution in [2.45, 2.75) is 26.4 Å². The Balaban J connectivity index is 2.67. The summed E-state index contributed by atoms with van der Waals surface area (Å²) in [7, 11) is 0. The third-order valence-corrected chi connectivity index (χ3v) is 2.34. The second kappa shape index (κ2) is 4.11. The molecular weight excluding hydrogens is 247 g/mol. The van der Waals surface area contributed by atoms with Gasteiger partial charge in [-0.1, -0.05) is 13.8 Å². The Kier molecular flexibility index (Phi) is 2.88. The predicted octanol–water partition coefficient (Wildman–Crippen LogP) is 1.92. The van der Waals surface area contributed by atoms with Gasteiger partial charge in [-0.25, -0.2) is 14.5 Å². The number of hydrogen-bond donors (Lipinski definition) is 1. The number of halogens is 3. The lowest BCUT2D eigenvalue weighted by Gasteiger charge is -2.02. The Bertz CT molecular complexity index is 573. The quantitative estimate of drug-likeness (QED) is 0.894. The lowest BCUT2D eigenvalue weighted by Crippen LogP contribution is -2.07. The molecule has 2 heterocycles. The van der Waals surface area contributed by atoms with Gasteiger partial charge >= 0.3 is 6.18 Å². The van der Waals surface area contributed by atoms with Gasteiger partial charge in [0.1, 0.15) is 11.3 Å². The average Bonchev–Trinajstić information content (AvgIpc) is 2.55. The van der Waals surface area contributed by atoms with E-state index in [1.54, 1.807) is 0 Å². The number of alkyl halides is 3. The number of rotatable bonds is 2. The second-order valence-corrected chi connectivity index (χ2v) is 4.39. The molecule has 0 spiro atoms. The molecule has 0 fully saturated rings. The molecule has 0 aliphatic heterocycles. The highest BCUT2D eigenvalue weighted by atomic mass is 19.4. The molecule has 2 aromatic rings.